The Balaban J connectivity index is 0.807. The van der Waals surface area contributed by atoms with E-state index in [0.717, 1.165) is 78.2 Å². The third-order valence-electron chi connectivity index (χ3n) is 16.9. The molecular formula is C77H53BN6. The lowest BCUT2D eigenvalue weighted by Gasteiger charge is -2.44. The third kappa shape index (κ3) is 8.15. The van der Waals surface area contributed by atoms with Crippen molar-refractivity contribution in [3.8, 4) is 73.2 Å². The molecule has 0 saturated heterocycles. The minimum Gasteiger partial charge on any atom is -0.311 e. The van der Waals surface area contributed by atoms with E-state index in [1.165, 1.54) is 61.0 Å². The molecule has 0 unspecified atom stereocenters. The topological polar surface area (TPSA) is 50.1 Å². The molecule has 394 valence electrons. The Hall–Kier alpha value is -10.9. The highest BCUT2D eigenvalue weighted by atomic mass is 15.2. The Morgan fingerprint density at radius 1 is 0.298 bits per heavy atom. The number of hydrogen-bond acceptors (Lipinski definition) is 5. The molecule has 0 aliphatic carbocycles. The van der Waals surface area contributed by atoms with Gasteiger partial charge in [-0.2, -0.15) is 0 Å². The van der Waals surface area contributed by atoms with Crippen LogP contribution in [0.1, 0.15) is 11.1 Å². The van der Waals surface area contributed by atoms with Gasteiger partial charge in [-0.25, -0.2) is 15.0 Å². The number of nitrogens with zero attached hydrogens (tertiary/aromatic N) is 6. The lowest BCUT2D eigenvalue weighted by molar-refractivity contribution is 1.06. The number of rotatable bonds is 9. The van der Waals surface area contributed by atoms with Gasteiger partial charge in [-0.1, -0.05) is 205 Å². The first kappa shape index (κ1) is 49.0. The van der Waals surface area contributed by atoms with Crippen LogP contribution in [-0.2, 0) is 0 Å². The number of hydrogen-bond donors (Lipinski definition) is 0. The molecule has 0 bridgehead atoms. The van der Waals surface area contributed by atoms with Crippen LogP contribution in [0.2, 0.25) is 0 Å². The Morgan fingerprint density at radius 2 is 0.714 bits per heavy atom. The summed E-state index contributed by atoms with van der Waals surface area (Å²) in [6.45, 7) is 4.44. The molecule has 0 fully saturated rings. The van der Waals surface area contributed by atoms with Crippen molar-refractivity contribution in [1.82, 2.24) is 19.5 Å². The summed E-state index contributed by atoms with van der Waals surface area (Å²) < 4.78 is 2.44. The van der Waals surface area contributed by atoms with Gasteiger partial charge >= 0.3 is 0 Å². The van der Waals surface area contributed by atoms with Gasteiger partial charge < -0.3 is 14.4 Å². The maximum absolute atomic E-state index is 5.34. The van der Waals surface area contributed by atoms with Gasteiger partial charge in [-0.05, 0) is 149 Å². The van der Waals surface area contributed by atoms with E-state index in [0.29, 0.717) is 17.5 Å². The molecule has 6 nitrogen and oxygen atoms in total. The fourth-order valence-electron chi connectivity index (χ4n) is 13.1. The maximum atomic E-state index is 5.34. The first-order valence-corrected chi connectivity index (χ1v) is 28.8. The molecule has 12 aromatic carbocycles. The van der Waals surface area contributed by atoms with E-state index in [2.05, 4.69) is 277 Å². The summed E-state index contributed by atoms with van der Waals surface area (Å²) in [7, 11) is 0. The Morgan fingerprint density at radius 3 is 1.29 bits per heavy atom. The van der Waals surface area contributed by atoms with Gasteiger partial charge in [-0.15, -0.1) is 0 Å². The highest BCUT2D eigenvalue weighted by Crippen LogP contribution is 2.46. The van der Waals surface area contributed by atoms with Crippen LogP contribution in [0.3, 0.4) is 0 Å². The van der Waals surface area contributed by atoms with E-state index < -0.39 is 0 Å². The predicted molar refractivity (Wildman–Crippen MR) is 350 cm³/mol. The van der Waals surface area contributed by atoms with E-state index in [9.17, 15) is 0 Å². The largest absolute Gasteiger partial charge is 0.311 e. The van der Waals surface area contributed by atoms with Gasteiger partial charge in [0.15, 0.2) is 17.5 Å². The van der Waals surface area contributed by atoms with Crippen LogP contribution in [0, 0.1) is 13.8 Å². The van der Waals surface area contributed by atoms with Crippen LogP contribution in [0.15, 0.2) is 285 Å². The van der Waals surface area contributed by atoms with Gasteiger partial charge in [0, 0.05) is 67.2 Å². The Bertz CT molecular complexity index is 4770. The van der Waals surface area contributed by atoms with Crippen molar-refractivity contribution < 1.29 is 0 Å². The number of para-hydroxylation sites is 4. The van der Waals surface area contributed by atoms with E-state index in [1.54, 1.807) is 0 Å². The number of aryl methyl sites for hydroxylation is 2. The summed E-state index contributed by atoms with van der Waals surface area (Å²) in [5.41, 5.74) is 26.1. The quantitative estimate of drug-likeness (QED) is 0.135. The first-order chi connectivity index (χ1) is 41.5. The third-order valence-corrected chi connectivity index (χ3v) is 16.9. The van der Waals surface area contributed by atoms with Crippen LogP contribution in [0.5, 0.6) is 0 Å². The lowest BCUT2D eigenvalue weighted by atomic mass is 9.33. The van der Waals surface area contributed by atoms with E-state index in [4.69, 9.17) is 15.0 Å². The SMILES string of the molecule is Cc1ccc2c(c1)c1cc(C)ccc1n2-c1c(-c2cccc(-c3cccc(-c4ccc(N5c6ccccc6B6c7ccccc7N(c7ccccc7)c7cccc5c76)cc4)c3)c2)cccc1-c1nc(-c2ccccc2)nc(-c2ccccc2)n1. The fourth-order valence-corrected chi connectivity index (χ4v) is 13.1. The van der Waals surface area contributed by atoms with Gasteiger partial charge in [0.05, 0.1) is 16.7 Å². The zero-order chi connectivity index (χ0) is 55.8. The molecule has 2 aliphatic heterocycles. The van der Waals surface area contributed by atoms with Crippen molar-refractivity contribution in [2.75, 3.05) is 9.80 Å². The molecule has 0 amide bonds. The van der Waals surface area contributed by atoms with E-state index >= 15 is 0 Å². The molecule has 0 atom stereocenters. The smallest absolute Gasteiger partial charge is 0.252 e. The van der Waals surface area contributed by atoms with Crippen LogP contribution in [0.4, 0.5) is 34.1 Å². The highest BCUT2D eigenvalue weighted by Gasteiger charge is 2.42. The lowest BCUT2D eigenvalue weighted by Crippen LogP contribution is -2.61. The van der Waals surface area contributed by atoms with Crippen molar-refractivity contribution in [3.63, 3.8) is 0 Å². The molecular weight excluding hydrogens is 1020 g/mol. The zero-order valence-electron chi connectivity index (χ0n) is 46.4. The summed E-state index contributed by atoms with van der Waals surface area (Å²) in [4.78, 5) is 20.7. The summed E-state index contributed by atoms with van der Waals surface area (Å²) in [5, 5.41) is 2.40. The van der Waals surface area contributed by atoms with Gasteiger partial charge in [0.2, 0.25) is 0 Å². The van der Waals surface area contributed by atoms with E-state index in [1.807, 2.05) is 36.4 Å². The number of fused-ring (bicyclic) bond motifs is 7. The second-order valence-electron chi connectivity index (χ2n) is 22.1. The summed E-state index contributed by atoms with van der Waals surface area (Å²) >= 11 is 0. The van der Waals surface area contributed by atoms with Crippen molar-refractivity contribution in [1.29, 1.82) is 0 Å². The average Bonchev–Trinajstić information content (AvgIpc) is 1.01. The molecule has 0 spiro atoms. The minimum absolute atomic E-state index is 0.0925. The molecule has 2 aliphatic rings. The van der Waals surface area contributed by atoms with Gasteiger partial charge in [0.25, 0.3) is 6.71 Å². The van der Waals surface area contributed by atoms with Crippen molar-refractivity contribution in [2.45, 2.75) is 13.8 Å². The molecule has 14 aromatic rings. The van der Waals surface area contributed by atoms with Crippen molar-refractivity contribution >= 4 is 79.0 Å². The molecule has 7 heteroatoms. The fraction of sp³-hybridized carbons (Fsp3) is 0.0260. The minimum atomic E-state index is 0.0925. The molecule has 84 heavy (non-hydrogen) atoms. The van der Waals surface area contributed by atoms with E-state index in [-0.39, 0.29) is 6.71 Å². The average molecular weight is 1070 g/mol. The van der Waals surface area contributed by atoms with Crippen molar-refractivity contribution in [3.05, 3.63) is 296 Å². The normalized spacial score (nSPS) is 12.3. The standard InChI is InChI=1S/C77H53BN6/c1-50-38-44-67-63(46-50)64-47-51(2)39-45-68(64)84(67)74-61(30-18-31-62(74)77-80-75(53-20-6-3-7-21-53)79-76(81-77)54-22-8-4-9-23-54)58-27-17-26-57(49-58)56-25-16-24-55(48-56)52-40-42-60(43-41-52)83-70-35-15-13-33-66(70)78-65-32-12-14-34-69(65)82(59-28-10-5-11-29-59)71-36-19-37-72(83)73(71)78/h3-49H,1-2H3. The second kappa shape index (κ2) is 20.0. The van der Waals surface area contributed by atoms with Crippen LogP contribution >= 0.6 is 0 Å². The molecule has 0 radical (unpaired) electrons. The zero-order valence-corrected chi connectivity index (χ0v) is 46.4. The number of aromatic nitrogens is 4. The molecule has 0 N–H and O–H groups in total. The summed E-state index contributed by atoms with van der Waals surface area (Å²) in [6, 6.07) is 103. The molecule has 0 saturated carbocycles. The van der Waals surface area contributed by atoms with Crippen LogP contribution < -0.4 is 26.2 Å². The van der Waals surface area contributed by atoms with Gasteiger partial charge in [0.1, 0.15) is 0 Å². The molecule has 2 aromatic heterocycles. The molecule has 4 heterocycles. The van der Waals surface area contributed by atoms with Gasteiger partial charge in [-0.3, -0.25) is 0 Å². The predicted octanol–water partition coefficient (Wildman–Crippen LogP) is 17.7. The Kier molecular flexibility index (Phi) is 11.6. The maximum Gasteiger partial charge on any atom is 0.252 e. The highest BCUT2D eigenvalue weighted by molar-refractivity contribution is 7.00. The molecule has 16 rings (SSSR count). The number of anilines is 6. The van der Waals surface area contributed by atoms with Crippen LogP contribution in [-0.4, -0.2) is 26.2 Å². The van der Waals surface area contributed by atoms with Crippen molar-refractivity contribution in [2.24, 2.45) is 0 Å². The number of benzene rings is 12. The first-order valence-electron chi connectivity index (χ1n) is 28.8. The summed E-state index contributed by atoms with van der Waals surface area (Å²) in [6.07, 6.45) is 0. The summed E-state index contributed by atoms with van der Waals surface area (Å²) in [5.74, 6) is 1.83. The Labute approximate surface area is 489 Å². The second-order valence-corrected chi connectivity index (χ2v) is 22.1. The monoisotopic (exact) mass is 1070 g/mol. The van der Waals surface area contributed by atoms with Crippen LogP contribution in [0.25, 0.3) is 95.0 Å².